The molecule has 0 saturated heterocycles. The Morgan fingerprint density at radius 3 is 2.26 bits per heavy atom. The van der Waals surface area contributed by atoms with Gasteiger partial charge in [0.15, 0.2) is 0 Å². The van der Waals surface area contributed by atoms with E-state index < -0.39 is 76.3 Å². The normalized spacial score (nSPS) is 16.2. The first-order valence-electron chi connectivity index (χ1n) is 16.0. The number of fused-ring (bicyclic) bond motifs is 1. The summed E-state index contributed by atoms with van der Waals surface area (Å²) in [6, 6.07) is 3.18. The minimum atomic E-state index is -5.11. The van der Waals surface area contributed by atoms with Gasteiger partial charge in [-0.25, -0.2) is 19.7 Å². The van der Waals surface area contributed by atoms with Crippen LogP contribution in [0.2, 0.25) is 0 Å². The van der Waals surface area contributed by atoms with Gasteiger partial charge in [-0.2, -0.15) is 34.8 Å². The summed E-state index contributed by atoms with van der Waals surface area (Å²) >= 11 is 0. The third-order valence-electron chi connectivity index (χ3n) is 7.71. The van der Waals surface area contributed by atoms with Gasteiger partial charge in [0, 0.05) is 18.5 Å². The van der Waals surface area contributed by atoms with E-state index in [1.54, 1.807) is 19.1 Å². The average Bonchev–Trinajstić information content (AvgIpc) is 3.07. The number of nitrogens with one attached hydrogen (secondary N) is 2. The number of hydrogen-bond acceptors (Lipinski definition) is 12. The third kappa shape index (κ3) is 11.1. The average molecular weight is 779 g/mol. The monoisotopic (exact) mass is 778 g/mol. The molecule has 3 heterocycles. The second kappa shape index (κ2) is 16.9. The van der Waals surface area contributed by atoms with E-state index in [2.05, 4.69) is 29.8 Å². The maximum atomic E-state index is 13.7. The van der Waals surface area contributed by atoms with Crippen molar-refractivity contribution in [2.75, 3.05) is 55.3 Å². The van der Waals surface area contributed by atoms with E-state index in [1.807, 2.05) is 6.92 Å². The fraction of sp³-hybridized carbons (Fsp3) is 0.469. The van der Waals surface area contributed by atoms with Crippen molar-refractivity contribution < 1.29 is 62.7 Å². The highest BCUT2D eigenvalue weighted by Crippen LogP contribution is 2.41. The van der Waals surface area contributed by atoms with Crippen LogP contribution >= 0.6 is 0 Å². The van der Waals surface area contributed by atoms with E-state index in [4.69, 9.17) is 14.2 Å². The maximum absolute atomic E-state index is 13.7. The zero-order valence-electron chi connectivity index (χ0n) is 28.8. The van der Waals surface area contributed by atoms with Crippen molar-refractivity contribution in [2.24, 2.45) is 0 Å². The number of amides is 2. The molecule has 0 bridgehead atoms. The zero-order chi connectivity index (χ0) is 39.1. The van der Waals surface area contributed by atoms with Gasteiger partial charge in [-0.1, -0.05) is 6.92 Å². The fourth-order valence-corrected chi connectivity index (χ4v) is 5.79. The van der Waals surface area contributed by atoms with Crippen molar-refractivity contribution >= 4 is 39.4 Å². The molecule has 53 heavy (non-hydrogen) atoms. The molecule has 21 heteroatoms. The molecule has 2 unspecified atom stereocenters. The number of halogens is 6. The van der Waals surface area contributed by atoms with Crippen LogP contribution in [-0.2, 0) is 47.3 Å². The smallest absolute Gasteiger partial charge is 0.416 e. The topological polar surface area (TPSA) is 171 Å². The number of hydrogen-bond donors (Lipinski definition) is 2. The standard InChI is InChI=1S/C32H36F6N6O8S/c1-5-21-15-23(28-25(7-8-27(43-28)49-3)44(21)30(46)51-6-2)42-29-39-16-24(40-26(45)17-50-9-10-52-53(4,47)48)22(41-29)13-18-11-19(31(33,34)35)14-20(12-18)32(36,37)38/h7-8,11-12,14,16,21,23H,5-6,9-10,13,15,17H2,1-4H3,(H,40,45)(H,39,41,42). The highest BCUT2D eigenvalue weighted by atomic mass is 32.2. The Labute approximate surface area is 300 Å². The molecule has 290 valence electrons. The molecule has 0 radical (unpaired) electrons. The van der Waals surface area contributed by atoms with Crippen LogP contribution < -0.4 is 20.3 Å². The van der Waals surface area contributed by atoms with Crippen LogP contribution in [-0.4, -0.2) is 81.2 Å². The Kier molecular flexibility index (Phi) is 13.1. The lowest BCUT2D eigenvalue weighted by atomic mass is 9.93. The molecule has 0 aliphatic carbocycles. The van der Waals surface area contributed by atoms with Gasteiger partial charge in [0.1, 0.15) is 6.61 Å². The largest absolute Gasteiger partial charge is 0.481 e. The number of pyridine rings is 1. The van der Waals surface area contributed by atoms with E-state index >= 15 is 0 Å². The van der Waals surface area contributed by atoms with Gasteiger partial charge >= 0.3 is 18.4 Å². The first kappa shape index (κ1) is 41.0. The molecule has 2 aromatic heterocycles. The summed E-state index contributed by atoms with van der Waals surface area (Å²) in [6.45, 7) is 2.32. The Morgan fingerprint density at radius 1 is 1.00 bits per heavy atom. The summed E-state index contributed by atoms with van der Waals surface area (Å²) in [5, 5.41) is 5.53. The second-order valence-corrected chi connectivity index (χ2v) is 13.2. The van der Waals surface area contributed by atoms with Gasteiger partial charge in [0.05, 0.1) is 79.3 Å². The molecule has 1 aliphatic heterocycles. The van der Waals surface area contributed by atoms with Crippen LogP contribution in [0.25, 0.3) is 0 Å². The predicted octanol–water partition coefficient (Wildman–Crippen LogP) is 5.74. The number of carbonyl (C=O) groups is 2. The number of nitrogens with zero attached hydrogens (tertiary/aromatic N) is 4. The number of alkyl halides is 6. The number of rotatable bonds is 14. The van der Waals surface area contributed by atoms with Crippen molar-refractivity contribution in [2.45, 2.75) is 57.5 Å². The van der Waals surface area contributed by atoms with Crippen molar-refractivity contribution in [1.82, 2.24) is 15.0 Å². The van der Waals surface area contributed by atoms with E-state index in [0.717, 1.165) is 12.5 Å². The quantitative estimate of drug-likeness (QED) is 0.116. The number of anilines is 3. The summed E-state index contributed by atoms with van der Waals surface area (Å²) in [4.78, 5) is 40.3. The Balaban J connectivity index is 1.72. The lowest BCUT2D eigenvalue weighted by Crippen LogP contribution is -2.46. The lowest BCUT2D eigenvalue weighted by molar-refractivity contribution is -0.143. The molecular weight excluding hydrogens is 742 g/mol. The summed E-state index contributed by atoms with van der Waals surface area (Å²) in [6.07, 6.45) is -8.78. The molecule has 0 spiro atoms. The van der Waals surface area contributed by atoms with E-state index in [0.29, 0.717) is 29.9 Å². The van der Waals surface area contributed by atoms with Crippen molar-refractivity contribution in [3.8, 4) is 5.88 Å². The number of methoxy groups -OCH3 is 1. The third-order valence-corrected chi connectivity index (χ3v) is 8.30. The van der Waals surface area contributed by atoms with Crippen molar-refractivity contribution in [3.63, 3.8) is 0 Å². The van der Waals surface area contributed by atoms with E-state index in [9.17, 15) is 44.3 Å². The lowest BCUT2D eigenvalue weighted by Gasteiger charge is -2.39. The molecule has 3 aromatic rings. The maximum Gasteiger partial charge on any atom is 0.416 e. The minimum absolute atomic E-state index is 0.00446. The van der Waals surface area contributed by atoms with Crippen LogP contribution in [0.1, 0.15) is 60.8 Å². The fourth-order valence-electron chi connectivity index (χ4n) is 5.42. The summed E-state index contributed by atoms with van der Waals surface area (Å²) in [5.41, 5.74) is -3.10. The molecule has 14 nitrogen and oxygen atoms in total. The van der Waals surface area contributed by atoms with Crippen molar-refractivity contribution in [1.29, 1.82) is 0 Å². The number of carbonyl (C=O) groups excluding carboxylic acids is 2. The number of aromatic nitrogens is 3. The molecule has 0 fully saturated rings. The Bertz CT molecular complexity index is 1860. The van der Waals surface area contributed by atoms with Gasteiger partial charge in [-0.05, 0) is 49.6 Å². The molecule has 1 aromatic carbocycles. The Hall–Kier alpha value is -4.76. The van der Waals surface area contributed by atoms with Crippen LogP contribution in [0.4, 0.5) is 48.5 Å². The molecule has 2 N–H and O–H groups in total. The molecule has 2 amide bonds. The van der Waals surface area contributed by atoms with Crippen LogP contribution in [0, 0.1) is 0 Å². The zero-order valence-corrected chi connectivity index (χ0v) is 29.6. The first-order valence-corrected chi connectivity index (χ1v) is 17.8. The van der Waals surface area contributed by atoms with Crippen LogP contribution in [0.3, 0.4) is 0 Å². The molecule has 1 aliphatic rings. The van der Waals surface area contributed by atoms with Gasteiger partial charge in [0.2, 0.25) is 17.7 Å². The second-order valence-electron chi connectivity index (χ2n) is 11.6. The van der Waals surface area contributed by atoms with Gasteiger partial charge in [-0.15, -0.1) is 0 Å². The summed E-state index contributed by atoms with van der Waals surface area (Å²) < 4.78 is 125. The number of benzene rings is 1. The number of ether oxygens (including phenoxy) is 3. The van der Waals surface area contributed by atoms with E-state index in [-0.39, 0.29) is 55.5 Å². The van der Waals surface area contributed by atoms with Gasteiger partial charge in [-0.3, -0.25) is 13.9 Å². The molecule has 2 atom stereocenters. The van der Waals surface area contributed by atoms with Crippen LogP contribution in [0.15, 0.2) is 36.5 Å². The highest BCUT2D eigenvalue weighted by molar-refractivity contribution is 7.85. The highest BCUT2D eigenvalue weighted by Gasteiger charge is 2.39. The van der Waals surface area contributed by atoms with E-state index in [1.165, 1.54) is 12.0 Å². The van der Waals surface area contributed by atoms with Crippen molar-refractivity contribution in [3.05, 3.63) is 64.6 Å². The molecular formula is C32H36F6N6O8S. The Morgan fingerprint density at radius 2 is 1.68 bits per heavy atom. The van der Waals surface area contributed by atoms with Gasteiger partial charge < -0.3 is 24.8 Å². The molecule has 0 saturated carbocycles. The minimum Gasteiger partial charge on any atom is -0.481 e. The first-order chi connectivity index (χ1) is 24.8. The van der Waals surface area contributed by atoms with Gasteiger partial charge in [0.25, 0.3) is 10.1 Å². The summed E-state index contributed by atoms with van der Waals surface area (Å²) in [5.74, 6) is -0.739. The summed E-state index contributed by atoms with van der Waals surface area (Å²) in [7, 11) is -2.36. The van der Waals surface area contributed by atoms with Crippen LogP contribution in [0.5, 0.6) is 5.88 Å². The predicted molar refractivity (Wildman–Crippen MR) is 177 cm³/mol. The molecule has 4 rings (SSSR count). The SMILES string of the molecule is CCOC(=O)N1c2ccc(OC)nc2C(Nc2ncc(NC(=O)COCCOS(C)(=O)=O)c(Cc3cc(C(F)(F)F)cc(C(F)(F)F)c3)n2)CC1CC.